The molecule has 0 saturated heterocycles. The number of hydrogen-bond donors (Lipinski definition) is 2. The fraction of sp³-hybridized carbons (Fsp3) is 0.333. The van der Waals surface area contributed by atoms with Crippen LogP contribution in [0.5, 0.6) is 0 Å². The van der Waals surface area contributed by atoms with Crippen LogP contribution in [0.3, 0.4) is 0 Å². The Morgan fingerprint density at radius 2 is 1.63 bits per heavy atom. The molecule has 1 heterocycles. The van der Waals surface area contributed by atoms with E-state index in [9.17, 15) is 0 Å². The van der Waals surface area contributed by atoms with Crippen LogP contribution in [-0.2, 0) is 0 Å². The summed E-state index contributed by atoms with van der Waals surface area (Å²) in [7, 11) is 0. The van der Waals surface area contributed by atoms with Crippen LogP contribution < -0.4 is 10.6 Å². The first-order chi connectivity index (χ1) is 9.06. The fourth-order valence-corrected chi connectivity index (χ4v) is 2.06. The van der Waals surface area contributed by atoms with Crippen LogP contribution >= 0.6 is 0 Å². The first kappa shape index (κ1) is 13.3. The Labute approximate surface area is 114 Å². The van der Waals surface area contributed by atoms with Gasteiger partial charge < -0.3 is 10.6 Å². The molecule has 2 rings (SSSR count). The third kappa shape index (κ3) is 3.68. The van der Waals surface area contributed by atoms with E-state index in [1.54, 1.807) is 0 Å². The second-order valence-corrected chi connectivity index (χ2v) is 4.75. The lowest BCUT2D eigenvalue weighted by Gasteiger charge is -2.10. The Morgan fingerprint density at radius 3 is 2.26 bits per heavy atom. The summed E-state index contributed by atoms with van der Waals surface area (Å²) < 4.78 is 0. The Bertz CT molecular complexity index is 558. The number of aromatic nitrogens is 2. The molecule has 2 aromatic rings. The third-order valence-corrected chi connectivity index (χ3v) is 2.68. The van der Waals surface area contributed by atoms with Crippen molar-refractivity contribution in [3.05, 3.63) is 41.1 Å². The molecular formula is C15H20N4. The highest BCUT2D eigenvalue weighted by atomic mass is 15.1. The quantitative estimate of drug-likeness (QED) is 0.878. The SMILES string of the molecule is CCNc1nc(C)cc(Nc2cc(C)cc(C)c2)n1. The molecule has 0 saturated carbocycles. The van der Waals surface area contributed by atoms with Crippen LogP contribution in [0, 0.1) is 20.8 Å². The van der Waals surface area contributed by atoms with E-state index in [2.05, 4.69) is 52.6 Å². The molecule has 4 heteroatoms. The van der Waals surface area contributed by atoms with Crippen molar-refractivity contribution in [2.24, 2.45) is 0 Å². The number of rotatable bonds is 4. The summed E-state index contributed by atoms with van der Waals surface area (Å²) in [4.78, 5) is 8.78. The molecule has 0 spiro atoms. The number of nitrogens with zero attached hydrogens (tertiary/aromatic N) is 2. The summed E-state index contributed by atoms with van der Waals surface area (Å²) in [6, 6.07) is 8.31. The first-order valence-corrected chi connectivity index (χ1v) is 6.51. The van der Waals surface area contributed by atoms with Gasteiger partial charge in [-0.25, -0.2) is 4.98 Å². The Balaban J connectivity index is 2.27. The van der Waals surface area contributed by atoms with Gasteiger partial charge in [0, 0.05) is 24.0 Å². The number of nitrogens with one attached hydrogen (secondary N) is 2. The van der Waals surface area contributed by atoms with Crippen molar-refractivity contribution in [1.82, 2.24) is 9.97 Å². The zero-order valence-corrected chi connectivity index (χ0v) is 11.9. The van der Waals surface area contributed by atoms with Crippen molar-refractivity contribution in [2.45, 2.75) is 27.7 Å². The van der Waals surface area contributed by atoms with Gasteiger partial charge in [0.25, 0.3) is 0 Å². The summed E-state index contributed by atoms with van der Waals surface area (Å²) in [6.07, 6.45) is 0. The van der Waals surface area contributed by atoms with Gasteiger partial charge in [-0.1, -0.05) is 6.07 Å². The van der Waals surface area contributed by atoms with Crippen LogP contribution in [-0.4, -0.2) is 16.5 Å². The zero-order valence-electron chi connectivity index (χ0n) is 11.9. The van der Waals surface area contributed by atoms with E-state index in [1.807, 2.05) is 19.9 Å². The lowest BCUT2D eigenvalue weighted by atomic mass is 10.1. The highest BCUT2D eigenvalue weighted by Crippen LogP contribution is 2.19. The predicted molar refractivity (Wildman–Crippen MR) is 80.1 cm³/mol. The van der Waals surface area contributed by atoms with Crippen molar-refractivity contribution in [2.75, 3.05) is 17.2 Å². The molecule has 0 bridgehead atoms. The average molecular weight is 256 g/mol. The van der Waals surface area contributed by atoms with Gasteiger partial charge >= 0.3 is 0 Å². The summed E-state index contributed by atoms with van der Waals surface area (Å²) >= 11 is 0. The van der Waals surface area contributed by atoms with Crippen molar-refractivity contribution in [3.63, 3.8) is 0 Å². The monoisotopic (exact) mass is 256 g/mol. The molecule has 100 valence electrons. The fourth-order valence-electron chi connectivity index (χ4n) is 2.06. The molecular weight excluding hydrogens is 236 g/mol. The molecule has 4 nitrogen and oxygen atoms in total. The molecule has 1 aromatic carbocycles. The molecule has 0 unspecified atom stereocenters. The molecule has 0 aliphatic heterocycles. The smallest absolute Gasteiger partial charge is 0.224 e. The van der Waals surface area contributed by atoms with E-state index in [4.69, 9.17) is 0 Å². The van der Waals surface area contributed by atoms with Gasteiger partial charge in [-0.2, -0.15) is 4.98 Å². The molecule has 0 amide bonds. The van der Waals surface area contributed by atoms with E-state index < -0.39 is 0 Å². The maximum absolute atomic E-state index is 4.44. The predicted octanol–water partition coefficient (Wildman–Crippen LogP) is 3.58. The maximum Gasteiger partial charge on any atom is 0.224 e. The first-order valence-electron chi connectivity index (χ1n) is 6.51. The molecule has 19 heavy (non-hydrogen) atoms. The van der Waals surface area contributed by atoms with Crippen molar-refractivity contribution >= 4 is 17.5 Å². The summed E-state index contributed by atoms with van der Waals surface area (Å²) in [5.74, 6) is 1.47. The Hall–Kier alpha value is -2.10. The average Bonchev–Trinajstić information content (AvgIpc) is 2.26. The molecule has 0 radical (unpaired) electrons. The van der Waals surface area contributed by atoms with E-state index in [0.29, 0.717) is 5.95 Å². The number of hydrogen-bond acceptors (Lipinski definition) is 4. The summed E-state index contributed by atoms with van der Waals surface area (Å²) in [5, 5.41) is 6.47. The largest absolute Gasteiger partial charge is 0.354 e. The molecule has 0 aliphatic carbocycles. The zero-order chi connectivity index (χ0) is 13.8. The minimum absolute atomic E-state index is 0.661. The highest BCUT2D eigenvalue weighted by molar-refractivity contribution is 5.59. The lowest BCUT2D eigenvalue weighted by Crippen LogP contribution is -2.05. The Morgan fingerprint density at radius 1 is 0.947 bits per heavy atom. The van der Waals surface area contributed by atoms with Crippen molar-refractivity contribution in [1.29, 1.82) is 0 Å². The second kappa shape index (κ2) is 5.69. The highest BCUT2D eigenvalue weighted by Gasteiger charge is 2.02. The lowest BCUT2D eigenvalue weighted by molar-refractivity contribution is 1.05. The Kier molecular flexibility index (Phi) is 4.00. The van der Waals surface area contributed by atoms with Crippen molar-refractivity contribution < 1.29 is 0 Å². The van der Waals surface area contributed by atoms with Crippen LogP contribution in [0.25, 0.3) is 0 Å². The van der Waals surface area contributed by atoms with Crippen molar-refractivity contribution in [3.8, 4) is 0 Å². The summed E-state index contributed by atoms with van der Waals surface area (Å²) in [6.45, 7) is 8.99. The number of aryl methyl sites for hydroxylation is 3. The summed E-state index contributed by atoms with van der Waals surface area (Å²) in [5.41, 5.74) is 4.47. The van der Waals surface area contributed by atoms with Gasteiger partial charge in [-0.3, -0.25) is 0 Å². The van der Waals surface area contributed by atoms with Gasteiger partial charge in [0.1, 0.15) is 5.82 Å². The maximum atomic E-state index is 4.44. The van der Waals surface area contributed by atoms with Gasteiger partial charge in [-0.05, 0) is 51.0 Å². The number of anilines is 3. The van der Waals surface area contributed by atoms with Crippen LogP contribution in [0.2, 0.25) is 0 Å². The molecule has 2 N–H and O–H groups in total. The van der Waals surface area contributed by atoms with E-state index in [-0.39, 0.29) is 0 Å². The minimum atomic E-state index is 0.661. The normalized spacial score (nSPS) is 10.3. The molecule has 0 atom stereocenters. The van der Waals surface area contributed by atoms with Gasteiger partial charge in [0.05, 0.1) is 0 Å². The second-order valence-electron chi connectivity index (χ2n) is 4.75. The van der Waals surface area contributed by atoms with Gasteiger partial charge in [-0.15, -0.1) is 0 Å². The van der Waals surface area contributed by atoms with Gasteiger partial charge in [0.2, 0.25) is 5.95 Å². The van der Waals surface area contributed by atoms with Crippen LogP contribution in [0.15, 0.2) is 24.3 Å². The third-order valence-electron chi connectivity index (χ3n) is 2.68. The molecule has 0 aliphatic rings. The van der Waals surface area contributed by atoms with E-state index >= 15 is 0 Å². The molecule has 1 aromatic heterocycles. The van der Waals surface area contributed by atoms with Gasteiger partial charge in [0.15, 0.2) is 0 Å². The van der Waals surface area contributed by atoms with Crippen LogP contribution in [0.4, 0.5) is 17.5 Å². The number of benzene rings is 1. The van der Waals surface area contributed by atoms with E-state index in [1.165, 1.54) is 11.1 Å². The topological polar surface area (TPSA) is 49.8 Å². The standard InChI is InChI=1S/C15H20N4/c1-5-16-15-17-12(4)9-14(19-15)18-13-7-10(2)6-11(3)8-13/h6-9H,5H2,1-4H3,(H2,16,17,18,19). The van der Waals surface area contributed by atoms with Crippen LogP contribution in [0.1, 0.15) is 23.7 Å². The minimum Gasteiger partial charge on any atom is -0.354 e. The van der Waals surface area contributed by atoms with E-state index in [0.717, 1.165) is 23.7 Å². The molecule has 0 fully saturated rings.